The van der Waals surface area contributed by atoms with Crippen molar-refractivity contribution >= 4 is 46.3 Å². The van der Waals surface area contributed by atoms with Crippen LogP contribution < -0.4 is 0 Å². The summed E-state index contributed by atoms with van der Waals surface area (Å²) < 4.78 is 26.3. The zero-order valence-electron chi connectivity index (χ0n) is 23.1. The Kier molecular flexibility index (Phi) is 9.34. The zero-order valence-corrected chi connectivity index (χ0v) is 25.4. The highest BCUT2D eigenvalue weighted by Crippen LogP contribution is 2.54. The Hall–Kier alpha value is -2.82. The highest BCUT2D eigenvalue weighted by molar-refractivity contribution is 7.76. The van der Waals surface area contributed by atoms with Crippen molar-refractivity contribution in [2.75, 3.05) is 6.54 Å². The first-order chi connectivity index (χ1) is 20.1. The second kappa shape index (κ2) is 12.8. The van der Waals surface area contributed by atoms with Crippen LogP contribution in [0.25, 0.3) is 0 Å². The number of likely N-dealkylation sites (tertiary alicyclic amines) is 1. The van der Waals surface area contributed by atoms with Gasteiger partial charge in [-0.2, -0.15) is 0 Å². The molecule has 11 heteroatoms. The minimum absolute atomic E-state index is 0.0535. The fourth-order valence-corrected chi connectivity index (χ4v) is 7.09. The van der Waals surface area contributed by atoms with Crippen LogP contribution in [0.3, 0.4) is 0 Å². The van der Waals surface area contributed by atoms with E-state index in [-0.39, 0.29) is 43.7 Å². The average molecular weight is 630 g/mol. The molecule has 0 bridgehead atoms. The summed E-state index contributed by atoms with van der Waals surface area (Å²) in [5, 5.41) is 11.0. The molecule has 1 amide bonds. The number of aromatic nitrogens is 1. The van der Waals surface area contributed by atoms with Crippen molar-refractivity contribution in [1.29, 1.82) is 0 Å². The van der Waals surface area contributed by atoms with E-state index in [1.165, 1.54) is 4.31 Å². The van der Waals surface area contributed by atoms with Crippen molar-refractivity contribution in [3.63, 3.8) is 0 Å². The third-order valence-corrected chi connectivity index (χ3v) is 9.51. The van der Waals surface area contributed by atoms with Crippen molar-refractivity contribution in [1.82, 2.24) is 14.2 Å². The molecule has 3 unspecified atom stereocenters. The molecular formula is C31H32Cl2N3O5S-. The fourth-order valence-electron chi connectivity index (χ4n) is 6.25. The van der Waals surface area contributed by atoms with Gasteiger partial charge in [0, 0.05) is 46.0 Å². The number of hydrogen-bond acceptors (Lipinski definition) is 5. The molecule has 2 heterocycles. The van der Waals surface area contributed by atoms with Crippen LogP contribution in [0.2, 0.25) is 10.0 Å². The standard InChI is InChI=1S/C31H33Cl2N3O5S/c1-31(17-28(37)38)16-26(22-5-4-6-24(33)15-22)29(21-10-12-23(32)13-11-21)36(30(31)39)27(20-8-9-20)19-35(42(40)41)18-25-7-2-3-14-34-25/h2-7,10-15,20,26-27,29H,8-9,16-19H2,1H3,(H,37,38)(H,40,41)/p-1/t26?,27?,29-,31-/m1/s1. The smallest absolute Gasteiger partial charge is 0.304 e. The number of piperidine rings is 1. The summed E-state index contributed by atoms with van der Waals surface area (Å²) >= 11 is 10.1. The molecule has 1 saturated carbocycles. The van der Waals surface area contributed by atoms with E-state index in [9.17, 15) is 23.5 Å². The number of carboxylic acid groups (broad SMARTS) is 1. The number of carbonyl (C=O) groups is 2. The lowest BCUT2D eigenvalue weighted by Crippen LogP contribution is -2.59. The van der Waals surface area contributed by atoms with Gasteiger partial charge in [-0.3, -0.25) is 18.8 Å². The molecule has 8 nitrogen and oxygen atoms in total. The summed E-state index contributed by atoms with van der Waals surface area (Å²) in [4.78, 5) is 32.8. The third kappa shape index (κ3) is 6.87. The third-order valence-electron chi connectivity index (χ3n) is 8.32. The molecule has 5 atom stereocenters. The molecule has 5 rings (SSSR count). The van der Waals surface area contributed by atoms with E-state index < -0.39 is 34.7 Å². The Labute approximate surface area is 258 Å². The number of aliphatic carboxylic acids is 1. The number of rotatable bonds is 11. The fraction of sp³-hybridized carbons (Fsp3) is 0.387. The van der Waals surface area contributed by atoms with E-state index >= 15 is 0 Å². The van der Waals surface area contributed by atoms with Gasteiger partial charge in [0.2, 0.25) is 5.91 Å². The quantitative estimate of drug-likeness (QED) is 0.260. The van der Waals surface area contributed by atoms with Crippen molar-refractivity contribution < 1.29 is 23.5 Å². The topological polar surface area (TPSA) is 114 Å². The van der Waals surface area contributed by atoms with Crippen LogP contribution in [0, 0.1) is 11.3 Å². The van der Waals surface area contributed by atoms with Crippen LogP contribution in [0.4, 0.5) is 0 Å². The lowest BCUT2D eigenvalue weighted by Gasteiger charge is -2.52. The number of benzene rings is 2. The molecule has 3 aromatic rings. The van der Waals surface area contributed by atoms with Crippen molar-refractivity contribution in [2.45, 2.75) is 57.2 Å². The lowest BCUT2D eigenvalue weighted by atomic mass is 9.67. The molecular weight excluding hydrogens is 597 g/mol. The molecule has 1 saturated heterocycles. The summed E-state index contributed by atoms with van der Waals surface area (Å²) in [5.74, 6) is -1.61. The van der Waals surface area contributed by atoms with Crippen LogP contribution in [0.1, 0.15) is 61.4 Å². The molecule has 0 spiro atoms. The summed E-state index contributed by atoms with van der Waals surface area (Å²) in [6, 6.07) is 19.0. The minimum Gasteiger partial charge on any atom is -0.760 e. The Morgan fingerprint density at radius 2 is 1.86 bits per heavy atom. The van der Waals surface area contributed by atoms with Gasteiger partial charge in [-0.05, 0) is 72.7 Å². The zero-order chi connectivity index (χ0) is 30.0. The molecule has 2 aliphatic rings. The number of halogens is 2. The van der Waals surface area contributed by atoms with Crippen LogP contribution in [0.15, 0.2) is 72.9 Å². The molecule has 2 aromatic carbocycles. The van der Waals surface area contributed by atoms with Gasteiger partial charge in [-0.25, -0.2) is 4.31 Å². The largest absolute Gasteiger partial charge is 0.760 e. The number of hydrogen-bond donors (Lipinski definition) is 1. The summed E-state index contributed by atoms with van der Waals surface area (Å²) in [5.41, 5.74) is 1.07. The van der Waals surface area contributed by atoms with Gasteiger partial charge in [0.25, 0.3) is 0 Å². The van der Waals surface area contributed by atoms with E-state index in [0.717, 1.165) is 24.0 Å². The molecule has 1 aliphatic heterocycles. The second-order valence-corrected chi connectivity index (χ2v) is 13.3. The number of carbonyl (C=O) groups excluding carboxylic acids is 1. The molecule has 0 radical (unpaired) electrons. The van der Waals surface area contributed by atoms with E-state index in [4.69, 9.17) is 23.2 Å². The first-order valence-electron chi connectivity index (χ1n) is 13.9. The van der Waals surface area contributed by atoms with Crippen molar-refractivity contribution in [3.05, 3.63) is 99.8 Å². The summed E-state index contributed by atoms with van der Waals surface area (Å²) in [7, 11) is 0. The molecule has 1 aromatic heterocycles. The highest BCUT2D eigenvalue weighted by Gasteiger charge is 2.54. The van der Waals surface area contributed by atoms with E-state index in [1.54, 1.807) is 54.4 Å². The first-order valence-corrected chi connectivity index (χ1v) is 15.6. The van der Waals surface area contributed by atoms with E-state index in [0.29, 0.717) is 15.7 Å². The van der Waals surface area contributed by atoms with Gasteiger partial charge in [0.15, 0.2) is 0 Å². The van der Waals surface area contributed by atoms with Gasteiger partial charge in [-0.15, -0.1) is 0 Å². The maximum Gasteiger partial charge on any atom is 0.304 e. The first kappa shape index (κ1) is 30.6. The number of carboxylic acids is 1. The van der Waals surface area contributed by atoms with E-state index in [1.807, 2.05) is 30.3 Å². The van der Waals surface area contributed by atoms with Crippen LogP contribution >= 0.6 is 23.2 Å². The number of nitrogens with zero attached hydrogens (tertiary/aromatic N) is 3. The minimum atomic E-state index is -2.59. The predicted molar refractivity (Wildman–Crippen MR) is 160 cm³/mol. The van der Waals surface area contributed by atoms with Crippen LogP contribution in [-0.4, -0.2) is 52.5 Å². The van der Waals surface area contributed by atoms with Gasteiger partial charge in [-0.1, -0.05) is 60.5 Å². The van der Waals surface area contributed by atoms with Crippen LogP contribution in [-0.2, 0) is 27.4 Å². The van der Waals surface area contributed by atoms with Gasteiger partial charge in [0.1, 0.15) is 0 Å². The highest BCUT2D eigenvalue weighted by atomic mass is 35.5. The number of pyridine rings is 1. The maximum absolute atomic E-state index is 14.6. The van der Waals surface area contributed by atoms with Gasteiger partial charge in [0.05, 0.1) is 30.1 Å². The molecule has 222 valence electrons. The Morgan fingerprint density at radius 1 is 1.12 bits per heavy atom. The maximum atomic E-state index is 14.6. The molecule has 1 aliphatic carbocycles. The SMILES string of the molecule is C[C@]1(CC(=O)O)CC(c2cccc(Cl)c2)[C@@H](c2ccc(Cl)cc2)N(C(CN(Cc2ccccn2)S(=O)[O-])C2CC2)C1=O. The molecule has 2 fully saturated rings. The van der Waals surface area contributed by atoms with Crippen molar-refractivity contribution in [3.8, 4) is 0 Å². The lowest BCUT2D eigenvalue weighted by molar-refractivity contribution is -0.161. The molecule has 1 N–H and O–H groups in total. The van der Waals surface area contributed by atoms with Gasteiger partial charge >= 0.3 is 5.97 Å². The van der Waals surface area contributed by atoms with Crippen molar-refractivity contribution in [2.24, 2.45) is 11.3 Å². The average Bonchev–Trinajstić information content (AvgIpc) is 3.79. The second-order valence-electron chi connectivity index (χ2n) is 11.5. The predicted octanol–water partition coefficient (Wildman–Crippen LogP) is 6.00. The Balaban J connectivity index is 1.64. The van der Waals surface area contributed by atoms with Crippen LogP contribution in [0.5, 0.6) is 0 Å². The van der Waals surface area contributed by atoms with E-state index in [2.05, 4.69) is 4.98 Å². The molecule has 42 heavy (non-hydrogen) atoms. The summed E-state index contributed by atoms with van der Waals surface area (Å²) in [6.45, 7) is 1.81. The normalized spacial score (nSPS) is 24.0. The van der Waals surface area contributed by atoms with Gasteiger partial charge < -0.3 is 14.6 Å². The Bertz CT molecular complexity index is 1460. The monoisotopic (exact) mass is 628 g/mol. The summed E-state index contributed by atoms with van der Waals surface area (Å²) in [6.07, 6.45) is 3.21. The Morgan fingerprint density at radius 3 is 2.45 bits per heavy atom. The number of amides is 1.